The molecule has 0 aliphatic heterocycles. The van der Waals surface area contributed by atoms with Crippen molar-refractivity contribution in [3.63, 3.8) is 0 Å². The Hall–Kier alpha value is 0.830. The average molecular weight is 417 g/mol. The van der Waals surface area contributed by atoms with Gasteiger partial charge in [0, 0.05) is 0 Å². The van der Waals surface area contributed by atoms with Crippen LogP contribution in [-0.4, -0.2) is 32.3 Å². The van der Waals surface area contributed by atoms with E-state index in [1.54, 1.807) is 0 Å². The summed E-state index contributed by atoms with van der Waals surface area (Å²) in [6.07, 6.45) is 18.6. The Labute approximate surface area is 190 Å². The van der Waals surface area contributed by atoms with Gasteiger partial charge in [0.25, 0.3) is 0 Å². The van der Waals surface area contributed by atoms with Crippen molar-refractivity contribution in [2.45, 2.75) is 116 Å². The molecule has 0 heterocycles. The molecule has 0 aliphatic rings. The molecule has 1 atom stereocenters. The zero-order valence-corrected chi connectivity index (χ0v) is 20.9. The second-order valence-corrected chi connectivity index (χ2v) is 8.24. The molecule has 5 nitrogen and oxygen atoms in total. The summed E-state index contributed by atoms with van der Waals surface area (Å²) in [5, 5.41) is 0. The largest absolute Gasteiger partial charge is 1.00 e. The summed E-state index contributed by atoms with van der Waals surface area (Å²) in [5.74, 6) is 0. The molecule has 0 aliphatic carbocycles. The average Bonchev–Trinajstić information content (AvgIpc) is 2.59. The van der Waals surface area contributed by atoms with E-state index in [9.17, 15) is 13.0 Å². The van der Waals surface area contributed by atoms with E-state index in [2.05, 4.69) is 18.0 Å². The minimum Gasteiger partial charge on any atom is -0.726 e. The van der Waals surface area contributed by atoms with E-state index in [4.69, 9.17) is 4.74 Å². The molecule has 27 heavy (non-hydrogen) atoms. The third-order valence-corrected chi connectivity index (χ3v) is 5.13. The van der Waals surface area contributed by atoms with Crippen molar-refractivity contribution in [1.29, 1.82) is 0 Å². The van der Waals surface area contributed by atoms with Gasteiger partial charge in [0.05, 0.1) is 19.3 Å². The fourth-order valence-corrected chi connectivity index (χ4v) is 3.42. The van der Waals surface area contributed by atoms with Gasteiger partial charge >= 0.3 is 29.6 Å². The summed E-state index contributed by atoms with van der Waals surface area (Å²) in [7, 11) is -4.61. The van der Waals surface area contributed by atoms with E-state index in [0.717, 1.165) is 25.7 Å². The first kappa shape index (κ1) is 30.0. The zero-order chi connectivity index (χ0) is 19.5. The van der Waals surface area contributed by atoms with Crippen LogP contribution in [0.2, 0.25) is 0 Å². The Kier molecular flexibility index (Phi) is 24.0. The number of unbranched alkanes of at least 4 members (excludes halogenated alkanes) is 11. The van der Waals surface area contributed by atoms with Gasteiger partial charge in [0.1, 0.15) is 0 Å². The van der Waals surface area contributed by atoms with Crippen LogP contribution in [0.4, 0.5) is 0 Å². The van der Waals surface area contributed by atoms with Crippen LogP contribution in [0.5, 0.6) is 0 Å². The van der Waals surface area contributed by atoms with Gasteiger partial charge in [-0.3, -0.25) is 4.18 Å². The second-order valence-electron chi connectivity index (χ2n) is 7.19. The van der Waals surface area contributed by atoms with E-state index >= 15 is 0 Å². The smallest absolute Gasteiger partial charge is 0.726 e. The topological polar surface area (TPSA) is 75.7 Å². The number of hydrogen-bond donors (Lipinski definition) is 0. The monoisotopic (exact) mass is 416 g/mol. The number of hydrogen-bond acceptors (Lipinski definition) is 5. The Balaban J connectivity index is 0. The van der Waals surface area contributed by atoms with Crippen LogP contribution < -0.4 is 29.6 Å². The summed E-state index contributed by atoms with van der Waals surface area (Å²) in [4.78, 5) is 0. The normalized spacial score (nSPS) is 12.7. The first-order chi connectivity index (χ1) is 12.5. The summed E-state index contributed by atoms with van der Waals surface area (Å²) < 4.78 is 41.4. The van der Waals surface area contributed by atoms with Gasteiger partial charge in [-0.1, -0.05) is 97.3 Å². The van der Waals surface area contributed by atoms with Gasteiger partial charge in [0.15, 0.2) is 0 Å². The fourth-order valence-electron chi connectivity index (χ4n) is 3.14. The molecule has 0 rings (SSSR count). The number of rotatable bonds is 20. The molecule has 0 aromatic rings. The van der Waals surface area contributed by atoms with E-state index in [1.807, 2.05) is 0 Å². The molecule has 1 unspecified atom stereocenters. The molecule has 0 spiro atoms. The Morgan fingerprint density at radius 2 is 1.11 bits per heavy atom. The van der Waals surface area contributed by atoms with E-state index in [1.165, 1.54) is 70.6 Å². The standard InChI is InChI=1S/C20H42O5S.Na/c1-3-5-7-9-11-13-15-17-20(16-14-12-10-8-6-4-2)24-18-19-25-26(21,22)23;/h20H,3-19H2,1-2H3,(H,21,22,23);/q;+1/p-1. The molecule has 0 aromatic heterocycles. The molecule has 0 radical (unpaired) electrons. The molecule has 0 bridgehead atoms. The molecule has 0 amide bonds. The van der Waals surface area contributed by atoms with Gasteiger partial charge in [-0.15, -0.1) is 0 Å². The number of ether oxygens (including phenoxy) is 1. The first-order valence-electron chi connectivity index (χ1n) is 10.7. The van der Waals surface area contributed by atoms with E-state index in [-0.39, 0.29) is 48.9 Å². The molecular weight excluding hydrogens is 375 g/mol. The molecular formula is C20H41NaO5S. The second kappa shape index (κ2) is 21.5. The SMILES string of the molecule is CCCCCCCCCC(CCCCCCCC)OCCOS(=O)(=O)[O-].[Na+]. The molecule has 0 aromatic carbocycles. The van der Waals surface area contributed by atoms with Crippen LogP contribution >= 0.6 is 0 Å². The van der Waals surface area contributed by atoms with Gasteiger partial charge < -0.3 is 9.29 Å². The summed E-state index contributed by atoms with van der Waals surface area (Å²) in [5.41, 5.74) is 0. The molecule has 158 valence electrons. The van der Waals surface area contributed by atoms with Crippen molar-refractivity contribution in [1.82, 2.24) is 0 Å². The Bertz CT molecular complexity index is 390. The van der Waals surface area contributed by atoms with Crippen molar-refractivity contribution in [2.75, 3.05) is 13.2 Å². The van der Waals surface area contributed by atoms with Gasteiger partial charge in [0.2, 0.25) is 10.4 Å². The minimum absolute atomic E-state index is 0. The molecule has 0 saturated carbocycles. The maximum atomic E-state index is 10.5. The summed E-state index contributed by atoms with van der Waals surface area (Å²) >= 11 is 0. The maximum Gasteiger partial charge on any atom is 1.00 e. The minimum atomic E-state index is -4.61. The fraction of sp³-hybridized carbons (Fsp3) is 1.00. The van der Waals surface area contributed by atoms with Crippen molar-refractivity contribution in [3.8, 4) is 0 Å². The summed E-state index contributed by atoms with van der Waals surface area (Å²) in [6.45, 7) is 4.43. The maximum absolute atomic E-state index is 10.5. The first-order valence-corrected chi connectivity index (χ1v) is 12.0. The van der Waals surface area contributed by atoms with Crippen LogP contribution in [-0.2, 0) is 19.3 Å². The third kappa shape index (κ3) is 24.8. The van der Waals surface area contributed by atoms with Crippen molar-refractivity contribution in [2.24, 2.45) is 0 Å². The van der Waals surface area contributed by atoms with Gasteiger partial charge in [-0.05, 0) is 12.8 Å². The predicted molar refractivity (Wildman–Crippen MR) is 106 cm³/mol. The molecule has 7 heteroatoms. The predicted octanol–water partition coefficient (Wildman–Crippen LogP) is 2.74. The van der Waals surface area contributed by atoms with Crippen molar-refractivity contribution in [3.05, 3.63) is 0 Å². The quantitative estimate of drug-likeness (QED) is 0.132. The Morgan fingerprint density at radius 3 is 1.52 bits per heavy atom. The Morgan fingerprint density at radius 1 is 0.704 bits per heavy atom. The van der Waals surface area contributed by atoms with E-state index in [0.29, 0.717) is 0 Å². The van der Waals surface area contributed by atoms with Crippen LogP contribution in [0.1, 0.15) is 110 Å². The van der Waals surface area contributed by atoms with Crippen LogP contribution in [0, 0.1) is 0 Å². The van der Waals surface area contributed by atoms with Crippen LogP contribution in [0.25, 0.3) is 0 Å². The molecule has 0 N–H and O–H groups in total. The van der Waals surface area contributed by atoms with Crippen LogP contribution in [0.3, 0.4) is 0 Å². The van der Waals surface area contributed by atoms with Crippen molar-refractivity contribution < 1.29 is 51.4 Å². The van der Waals surface area contributed by atoms with Crippen LogP contribution in [0.15, 0.2) is 0 Å². The van der Waals surface area contributed by atoms with Gasteiger partial charge in [-0.25, -0.2) is 8.42 Å². The molecule has 0 fully saturated rings. The third-order valence-electron chi connectivity index (χ3n) is 4.67. The van der Waals surface area contributed by atoms with E-state index < -0.39 is 10.4 Å². The van der Waals surface area contributed by atoms with Crippen molar-refractivity contribution >= 4 is 10.4 Å². The summed E-state index contributed by atoms with van der Waals surface area (Å²) in [6, 6.07) is 0. The van der Waals surface area contributed by atoms with Gasteiger partial charge in [-0.2, -0.15) is 0 Å². The molecule has 0 saturated heterocycles. The zero-order valence-electron chi connectivity index (χ0n) is 18.0.